The molecule has 0 unspecified atom stereocenters. The zero-order valence-electron chi connectivity index (χ0n) is 23.0. The van der Waals surface area contributed by atoms with Crippen molar-refractivity contribution in [2.45, 2.75) is 63.1 Å². The Morgan fingerprint density at radius 1 is 1.28 bits per heavy atom. The summed E-state index contributed by atoms with van der Waals surface area (Å²) >= 11 is 0. The number of nitrogens with one attached hydrogen (secondary N) is 1. The predicted molar refractivity (Wildman–Crippen MR) is 146 cm³/mol. The van der Waals surface area contributed by atoms with E-state index in [9.17, 15) is 23.1 Å². The smallest absolute Gasteiger partial charge is 0.261 e. The first-order valence-corrected chi connectivity index (χ1v) is 14.9. The van der Waals surface area contributed by atoms with E-state index in [0.29, 0.717) is 11.4 Å². The molecular formula is C27H39N5O6S. The number of likely N-dealkylation sites (N-methyl/N-ethyl adjacent to an activating group) is 1. The van der Waals surface area contributed by atoms with Gasteiger partial charge >= 0.3 is 0 Å². The van der Waals surface area contributed by atoms with Crippen LogP contribution >= 0.6 is 0 Å². The van der Waals surface area contributed by atoms with Gasteiger partial charge in [0, 0.05) is 44.4 Å². The molecule has 2 aliphatic rings. The van der Waals surface area contributed by atoms with Crippen molar-refractivity contribution >= 4 is 27.5 Å². The summed E-state index contributed by atoms with van der Waals surface area (Å²) in [6.45, 7) is 3.69. The number of hydrogen-bond donors (Lipinski definition) is 2. The van der Waals surface area contributed by atoms with Gasteiger partial charge in [-0.25, -0.2) is 13.4 Å². The van der Waals surface area contributed by atoms with Crippen LogP contribution in [-0.4, -0.2) is 83.0 Å². The maximum Gasteiger partial charge on any atom is 0.261 e. The molecule has 1 fully saturated rings. The third kappa shape index (κ3) is 6.44. The quantitative estimate of drug-likeness (QED) is 0.506. The summed E-state index contributed by atoms with van der Waals surface area (Å²) < 4.78 is 35.3. The number of aliphatic hydroxyl groups excluding tert-OH is 1. The number of sulfonamides is 1. The second-order valence-electron chi connectivity index (χ2n) is 10.8. The maximum absolute atomic E-state index is 13.7. The summed E-state index contributed by atoms with van der Waals surface area (Å²) in [4.78, 5) is 32.1. The summed E-state index contributed by atoms with van der Waals surface area (Å²) in [5.74, 6) is -0.378. The fourth-order valence-electron chi connectivity index (χ4n) is 5.16. The number of rotatable bonds is 8. The van der Waals surface area contributed by atoms with Crippen LogP contribution in [0.25, 0.3) is 0 Å². The molecule has 11 nitrogen and oxygen atoms in total. The molecule has 1 aromatic heterocycles. The first-order valence-electron chi connectivity index (χ1n) is 13.5. The molecule has 1 aliphatic heterocycles. The van der Waals surface area contributed by atoms with Gasteiger partial charge in [0.2, 0.25) is 5.91 Å². The Bertz CT molecular complexity index is 1290. The zero-order valence-corrected chi connectivity index (χ0v) is 23.9. The van der Waals surface area contributed by atoms with Crippen molar-refractivity contribution < 1.29 is 27.9 Å². The number of fused-ring (bicyclic) bond motifs is 1. The minimum Gasteiger partial charge on any atom is -0.488 e. The summed E-state index contributed by atoms with van der Waals surface area (Å²) in [5.41, 5.74) is 0.752. The lowest BCUT2D eigenvalue weighted by Gasteiger charge is -2.38. The topological polar surface area (TPSA) is 134 Å². The Labute approximate surface area is 230 Å². The van der Waals surface area contributed by atoms with Gasteiger partial charge in [0.15, 0.2) is 5.03 Å². The van der Waals surface area contributed by atoms with Crippen molar-refractivity contribution in [2.75, 3.05) is 32.1 Å². The van der Waals surface area contributed by atoms with Crippen molar-refractivity contribution in [3.8, 4) is 5.75 Å². The van der Waals surface area contributed by atoms with E-state index >= 15 is 0 Å². The highest BCUT2D eigenvalue weighted by Gasteiger charge is 2.36. The minimum atomic E-state index is -3.86. The lowest BCUT2D eigenvalue weighted by molar-refractivity contribution is -0.120. The first kappa shape index (κ1) is 29.0. The molecule has 0 saturated heterocycles. The Morgan fingerprint density at radius 2 is 2.00 bits per heavy atom. The largest absolute Gasteiger partial charge is 0.488 e. The van der Waals surface area contributed by atoms with E-state index < -0.39 is 22.2 Å². The van der Waals surface area contributed by atoms with E-state index in [1.54, 1.807) is 41.6 Å². The number of aromatic nitrogens is 2. The summed E-state index contributed by atoms with van der Waals surface area (Å²) in [6.07, 6.45) is 7.19. The molecule has 2 aromatic rings. The van der Waals surface area contributed by atoms with Gasteiger partial charge in [-0.15, -0.1) is 0 Å². The van der Waals surface area contributed by atoms with Gasteiger partial charge in [-0.2, -0.15) is 4.31 Å². The second-order valence-corrected chi connectivity index (χ2v) is 12.8. The number of ether oxygens (including phenoxy) is 1. The van der Waals surface area contributed by atoms with Crippen LogP contribution in [0.4, 0.5) is 5.69 Å². The Kier molecular flexibility index (Phi) is 8.97. The Morgan fingerprint density at radius 3 is 2.64 bits per heavy atom. The van der Waals surface area contributed by atoms with Gasteiger partial charge in [0.05, 0.1) is 31.1 Å². The summed E-state index contributed by atoms with van der Waals surface area (Å²) in [5, 5.41) is 12.8. The number of aliphatic hydroxyl groups is 1. The van der Waals surface area contributed by atoms with Crippen LogP contribution in [0.2, 0.25) is 0 Å². The molecule has 2 N–H and O–H groups in total. The van der Waals surface area contributed by atoms with E-state index in [4.69, 9.17) is 4.74 Å². The van der Waals surface area contributed by atoms with E-state index in [2.05, 4.69) is 10.3 Å². The maximum atomic E-state index is 13.7. The monoisotopic (exact) mass is 561 g/mol. The number of carbonyl (C=O) groups is 2. The standard InChI is InChI=1S/C27H39N5O6S/c1-18-13-32(19(2)16-33)27(35)22-12-21(29-26(34)20-8-6-5-7-9-20)10-11-23(22)38-24(18)14-31(4)39(36,37)25-15-30(3)17-28-25/h10-12,15,17-20,24,33H,5-9,13-14,16H2,1-4H3,(H,29,34)/t18-,19-,24-/m1/s1. The van der Waals surface area contributed by atoms with Crippen molar-refractivity contribution in [1.82, 2.24) is 18.8 Å². The third-order valence-corrected chi connectivity index (χ3v) is 9.41. The summed E-state index contributed by atoms with van der Waals surface area (Å²) in [7, 11) is -0.690. The van der Waals surface area contributed by atoms with E-state index in [0.717, 1.165) is 32.1 Å². The van der Waals surface area contributed by atoms with Crippen LogP contribution in [-0.2, 0) is 21.9 Å². The molecule has 1 saturated carbocycles. The summed E-state index contributed by atoms with van der Waals surface area (Å²) in [6, 6.07) is 4.48. The molecule has 1 aliphatic carbocycles. The van der Waals surface area contributed by atoms with Gasteiger partial charge in [0.25, 0.3) is 15.9 Å². The molecule has 0 radical (unpaired) electrons. The molecule has 1 aromatic carbocycles. The number of anilines is 1. The molecule has 39 heavy (non-hydrogen) atoms. The number of imidazole rings is 1. The highest BCUT2D eigenvalue weighted by atomic mass is 32.2. The fourth-order valence-corrected chi connectivity index (χ4v) is 6.30. The number of carbonyl (C=O) groups excluding carboxylic acids is 2. The highest BCUT2D eigenvalue weighted by Crippen LogP contribution is 2.32. The molecule has 0 spiro atoms. The van der Waals surface area contributed by atoms with Crippen molar-refractivity contribution in [1.29, 1.82) is 0 Å². The van der Waals surface area contributed by atoms with Crippen molar-refractivity contribution in [2.24, 2.45) is 18.9 Å². The van der Waals surface area contributed by atoms with Crippen molar-refractivity contribution in [3.05, 3.63) is 36.3 Å². The van der Waals surface area contributed by atoms with Crippen LogP contribution in [0.3, 0.4) is 0 Å². The molecule has 12 heteroatoms. The molecule has 2 amide bonds. The first-order chi connectivity index (χ1) is 18.5. The van der Waals surface area contributed by atoms with Crippen LogP contribution in [0.1, 0.15) is 56.3 Å². The zero-order chi connectivity index (χ0) is 28.3. The van der Waals surface area contributed by atoms with E-state index in [-0.39, 0.29) is 53.9 Å². The van der Waals surface area contributed by atoms with Gasteiger partial charge in [-0.05, 0) is 38.0 Å². The van der Waals surface area contributed by atoms with E-state index in [1.165, 1.54) is 23.9 Å². The second kappa shape index (κ2) is 12.1. The Balaban J connectivity index is 1.62. The number of nitrogens with zero attached hydrogens (tertiary/aromatic N) is 4. The van der Waals surface area contributed by atoms with Gasteiger partial charge in [-0.3, -0.25) is 9.59 Å². The normalized spacial score (nSPS) is 21.6. The number of amides is 2. The predicted octanol–water partition coefficient (Wildman–Crippen LogP) is 2.48. The minimum absolute atomic E-state index is 0.0230. The molecule has 0 bridgehead atoms. The van der Waals surface area contributed by atoms with Crippen LogP contribution in [0.5, 0.6) is 5.75 Å². The third-order valence-electron chi connectivity index (χ3n) is 7.70. The lowest BCUT2D eigenvalue weighted by atomic mass is 9.88. The highest BCUT2D eigenvalue weighted by molar-refractivity contribution is 7.89. The molecule has 4 rings (SSSR count). The molecule has 3 atom stereocenters. The van der Waals surface area contributed by atoms with Gasteiger partial charge in [0.1, 0.15) is 11.9 Å². The number of hydrogen-bond acceptors (Lipinski definition) is 7. The average molecular weight is 562 g/mol. The van der Waals surface area contributed by atoms with Gasteiger partial charge < -0.3 is 24.6 Å². The van der Waals surface area contributed by atoms with E-state index in [1.807, 2.05) is 6.92 Å². The fraction of sp³-hybridized carbons (Fsp3) is 0.593. The molecule has 2 heterocycles. The van der Waals surface area contributed by atoms with Crippen LogP contribution < -0.4 is 10.1 Å². The molecular weight excluding hydrogens is 522 g/mol. The van der Waals surface area contributed by atoms with Gasteiger partial charge in [-0.1, -0.05) is 26.2 Å². The van der Waals surface area contributed by atoms with Crippen LogP contribution in [0.15, 0.2) is 35.7 Å². The van der Waals surface area contributed by atoms with Crippen molar-refractivity contribution in [3.63, 3.8) is 0 Å². The SMILES string of the molecule is C[C@@H]1CN([C@H](C)CO)C(=O)c2cc(NC(=O)C3CCCCC3)ccc2O[C@@H]1CN(C)S(=O)(=O)c1cn(C)cn1. The number of benzene rings is 1. The molecule has 214 valence electrons. The average Bonchev–Trinajstić information content (AvgIpc) is 3.38. The number of aryl methyl sites for hydroxylation is 1. The van der Waals surface area contributed by atoms with Crippen LogP contribution in [0, 0.1) is 11.8 Å². The lowest BCUT2D eigenvalue weighted by Crippen LogP contribution is -2.50. The Hall–Kier alpha value is -2.96.